The first kappa shape index (κ1) is 16.5. The van der Waals surface area contributed by atoms with Gasteiger partial charge in [0.25, 0.3) is 0 Å². The lowest BCUT2D eigenvalue weighted by Crippen LogP contribution is -1.95. The number of hydrogen-bond donors (Lipinski definition) is 0. The van der Waals surface area contributed by atoms with Crippen LogP contribution in [-0.4, -0.2) is 32.1 Å². The minimum atomic E-state index is 0.517. The van der Waals surface area contributed by atoms with Crippen molar-refractivity contribution >= 4 is 22.9 Å². The van der Waals surface area contributed by atoms with Crippen molar-refractivity contribution in [1.29, 1.82) is 0 Å². The Morgan fingerprint density at radius 3 is 2.29 bits per heavy atom. The number of benzene rings is 2. The number of aromatic nitrogens is 1. The molecule has 0 aliphatic rings. The fourth-order valence-electron chi connectivity index (χ4n) is 2.49. The number of fused-ring (bicyclic) bond motifs is 1. The predicted molar refractivity (Wildman–Crippen MR) is 95.5 cm³/mol. The molecule has 0 amide bonds. The van der Waals surface area contributed by atoms with Crippen LogP contribution in [0.2, 0.25) is 0 Å². The lowest BCUT2D eigenvalue weighted by Gasteiger charge is -2.12. The van der Waals surface area contributed by atoms with Gasteiger partial charge in [-0.05, 0) is 36.1 Å². The highest BCUT2D eigenvalue weighted by atomic mass is 32.2. The molecule has 3 rings (SSSR count). The quantitative estimate of drug-likeness (QED) is 0.607. The summed E-state index contributed by atoms with van der Waals surface area (Å²) in [5, 5.41) is 0. The van der Waals surface area contributed by atoms with Crippen LogP contribution >= 0.6 is 11.8 Å². The molecule has 0 unspecified atom stereocenters. The lowest BCUT2D eigenvalue weighted by atomic mass is 10.2. The van der Waals surface area contributed by atoms with Crippen LogP contribution in [0.5, 0.6) is 17.2 Å². The SMILES string of the molecule is CCSc1ccc2oc(-c3cc(OC)c(OC)c(OC)c3)nc2c1. The van der Waals surface area contributed by atoms with Crippen LogP contribution in [0.3, 0.4) is 0 Å². The third-order valence-corrected chi connectivity index (χ3v) is 4.46. The summed E-state index contributed by atoms with van der Waals surface area (Å²) in [7, 11) is 4.75. The zero-order valence-electron chi connectivity index (χ0n) is 14.1. The van der Waals surface area contributed by atoms with Gasteiger partial charge in [0.1, 0.15) is 5.52 Å². The molecular weight excluding hydrogens is 326 g/mol. The Kier molecular flexibility index (Phi) is 4.85. The summed E-state index contributed by atoms with van der Waals surface area (Å²) < 4.78 is 22.0. The van der Waals surface area contributed by atoms with Gasteiger partial charge in [0.15, 0.2) is 17.1 Å². The number of thioether (sulfide) groups is 1. The zero-order chi connectivity index (χ0) is 17.1. The van der Waals surface area contributed by atoms with E-state index in [9.17, 15) is 0 Å². The number of nitrogens with zero attached hydrogens (tertiary/aromatic N) is 1. The van der Waals surface area contributed by atoms with Gasteiger partial charge < -0.3 is 18.6 Å². The molecule has 2 aromatic carbocycles. The first-order valence-corrected chi connectivity index (χ1v) is 8.52. The van der Waals surface area contributed by atoms with Crippen LogP contribution in [-0.2, 0) is 0 Å². The fourth-order valence-corrected chi connectivity index (χ4v) is 3.18. The van der Waals surface area contributed by atoms with Crippen LogP contribution < -0.4 is 14.2 Å². The van der Waals surface area contributed by atoms with Crippen LogP contribution in [0.25, 0.3) is 22.6 Å². The zero-order valence-corrected chi connectivity index (χ0v) is 14.9. The largest absolute Gasteiger partial charge is 0.493 e. The van der Waals surface area contributed by atoms with Gasteiger partial charge in [0.05, 0.1) is 21.3 Å². The fraction of sp³-hybridized carbons (Fsp3) is 0.278. The second-order valence-corrected chi connectivity index (χ2v) is 6.33. The lowest BCUT2D eigenvalue weighted by molar-refractivity contribution is 0.324. The predicted octanol–water partition coefficient (Wildman–Crippen LogP) is 4.63. The molecule has 0 spiro atoms. The monoisotopic (exact) mass is 345 g/mol. The van der Waals surface area contributed by atoms with Crippen molar-refractivity contribution in [3.05, 3.63) is 30.3 Å². The number of methoxy groups -OCH3 is 3. The molecule has 1 heterocycles. The molecular formula is C18H19NO4S. The minimum Gasteiger partial charge on any atom is -0.493 e. The number of ether oxygens (including phenoxy) is 3. The molecule has 0 aliphatic carbocycles. The first-order valence-electron chi connectivity index (χ1n) is 7.54. The normalized spacial score (nSPS) is 10.8. The Labute approximate surface area is 144 Å². The average molecular weight is 345 g/mol. The van der Waals surface area contributed by atoms with E-state index in [1.165, 1.54) is 4.90 Å². The molecule has 0 bridgehead atoms. The second-order valence-electron chi connectivity index (χ2n) is 5.00. The van der Waals surface area contributed by atoms with Crippen molar-refractivity contribution < 1.29 is 18.6 Å². The highest BCUT2D eigenvalue weighted by Crippen LogP contribution is 2.41. The summed E-state index contributed by atoms with van der Waals surface area (Å²) in [6.07, 6.45) is 0. The molecule has 126 valence electrons. The van der Waals surface area contributed by atoms with Crippen molar-refractivity contribution in [2.45, 2.75) is 11.8 Å². The van der Waals surface area contributed by atoms with E-state index in [0.717, 1.165) is 22.4 Å². The maximum absolute atomic E-state index is 5.89. The van der Waals surface area contributed by atoms with E-state index in [2.05, 4.69) is 11.9 Å². The molecule has 0 aliphatic heterocycles. The molecule has 0 saturated carbocycles. The van der Waals surface area contributed by atoms with Crippen LogP contribution in [0.1, 0.15) is 6.92 Å². The summed E-state index contributed by atoms with van der Waals surface area (Å²) in [6.45, 7) is 2.12. The summed E-state index contributed by atoms with van der Waals surface area (Å²) >= 11 is 1.77. The maximum atomic E-state index is 5.89. The number of rotatable bonds is 6. The van der Waals surface area contributed by atoms with Crippen molar-refractivity contribution in [3.8, 4) is 28.7 Å². The minimum absolute atomic E-state index is 0.517. The van der Waals surface area contributed by atoms with E-state index >= 15 is 0 Å². The van der Waals surface area contributed by atoms with Crippen molar-refractivity contribution in [2.75, 3.05) is 27.1 Å². The van der Waals surface area contributed by atoms with Gasteiger partial charge in [0.2, 0.25) is 11.6 Å². The molecule has 3 aromatic rings. The van der Waals surface area contributed by atoms with Gasteiger partial charge in [-0.1, -0.05) is 6.92 Å². The topological polar surface area (TPSA) is 53.7 Å². The van der Waals surface area contributed by atoms with Gasteiger partial charge in [-0.2, -0.15) is 0 Å². The molecule has 6 heteroatoms. The number of oxazole rings is 1. The Hall–Kier alpha value is -2.34. The van der Waals surface area contributed by atoms with Crippen LogP contribution in [0, 0.1) is 0 Å². The molecule has 0 radical (unpaired) electrons. The molecule has 0 atom stereocenters. The first-order chi connectivity index (χ1) is 11.7. The third-order valence-electron chi connectivity index (χ3n) is 3.58. The van der Waals surface area contributed by atoms with E-state index < -0.39 is 0 Å². The van der Waals surface area contributed by atoms with Crippen molar-refractivity contribution in [3.63, 3.8) is 0 Å². The Morgan fingerprint density at radius 1 is 1.00 bits per heavy atom. The van der Waals surface area contributed by atoms with E-state index in [1.807, 2.05) is 30.3 Å². The van der Waals surface area contributed by atoms with Gasteiger partial charge in [-0.3, -0.25) is 0 Å². The van der Waals surface area contributed by atoms with Crippen molar-refractivity contribution in [2.24, 2.45) is 0 Å². The molecule has 24 heavy (non-hydrogen) atoms. The van der Waals surface area contributed by atoms with Gasteiger partial charge >= 0.3 is 0 Å². The van der Waals surface area contributed by atoms with Crippen LogP contribution in [0.15, 0.2) is 39.6 Å². The number of hydrogen-bond acceptors (Lipinski definition) is 6. The Morgan fingerprint density at radius 2 is 1.71 bits per heavy atom. The summed E-state index contributed by atoms with van der Waals surface area (Å²) in [6, 6.07) is 9.68. The maximum Gasteiger partial charge on any atom is 0.227 e. The van der Waals surface area contributed by atoms with Gasteiger partial charge in [0, 0.05) is 10.5 Å². The molecule has 0 saturated heterocycles. The summed E-state index contributed by atoms with van der Waals surface area (Å²) in [4.78, 5) is 5.78. The Balaban J connectivity index is 2.09. The van der Waals surface area contributed by atoms with E-state index in [-0.39, 0.29) is 0 Å². The average Bonchev–Trinajstić information content (AvgIpc) is 3.04. The van der Waals surface area contributed by atoms with E-state index in [1.54, 1.807) is 33.1 Å². The van der Waals surface area contributed by atoms with Gasteiger partial charge in [-0.25, -0.2) is 4.98 Å². The van der Waals surface area contributed by atoms with E-state index in [0.29, 0.717) is 23.1 Å². The standard InChI is InChI=1S/C18H19NO4S/c1-5-24-12-6-7-14-13(10-12)19-18(23-14)11-8-15(20-2)17(22-4)16(9-11)21-3/h6-10H,5H2,1-4H3. The van der Waals surface area contributed by atoms with Crippen LogP contribution in [0.4, 0.5) is 0 Å². The highest BCUT2D eigenvalue weighted by Gasteiger charge is 2.17. The molecule has 1 aromatic heterocycles. The van der Waals surface area contributed by atoms with Gasteiger partial charge in [-0.15, -0.1) is 11.8 Å². The third kappa shape index (κ3) is 3.01. The molecule has 0 N–H and O–H groups in total. The molecule has 5 nitrogen and oxygen atoms in total. The molecule has 0 fully saturated rings. The smallest absolute Gasteiger partial charge is 0.227 e. The Bertz CT molecular complexity index is 834. The highest BCUT2D eigenvalue weighted by molar-refractivity contribution is 7.99. The second kappa shape index (κ2) is 7.05. The summed E-state index contributed by atoms with van der Waals surface area (Å²) in [5.74, 6) is 3.21. The van der Waals surface area contributed by atoms with E-state index in [4.69, 9.17) is 18.6 Å². The summed E-state index contributed by atoms with van der Waals surface area (Å²) in [5.41, 5.74) is 2.35. The van der Waals surface area contributed by atoms with Crippen molar-refractivity contribution in [1.82, 2.24) is 4.98 Å².